The van der Waals surface area contributed by atoms with Crippen molar-refractivity contribution in [1.82, 2.24) is 0 Å². The van der Waals surface area contributed by atoms with E-state index in [0.717, 1.165) is 0 Å². The molecule has 1 aromatic rings. The van der Waals surface area contributed by atoms with Crippen LogP contribution in [0.25, 0.3) is 6.08 Å². The molecular formula is C11H15BrS. The van der Waals surface area contributed by atoms with Gasteiger partial charge in [0.05, 0.1) is 0 Å². The smallest absolute Gasteiger partial charge is 0.0326 e. The lowest BCUT2D eigenvalue weighted by molar-refractivity contribution is 1.16. The largest absolute Gasteiger partial charge is 0.145 e. The van der Waals surface area contributed by atoms with E-state index in [0.29, 0.717) is 4.83 Å². The summed E-state index contributed by atoms with van der Waals surface area (Å²) in [6.07, 6.45) is 2.26. The first-order valence-electron chi connectivity index (χ1n) is 4.40. The maximum atomic E-state index is 3.56. The van der Waals surface area contributed by atoms with Crippen LogP contribution in [0.5, 0.6) is 0 Å². The van der Waals surface area contributed by atoms with E-state index in [4.69, 9.17) is 0 Å². The fourth-order valence-electron chi connectivity index (χ4n) is 1.15. The first-order chi connectivity index (χ1) is 6.00. The fourth-order valence-corrected chi connectivity index (χ4v) is 2.19. The molecule has 1 unspecified atom stereocenters. The van der Waals surface area contributed by atoms with E-state index in [-0.39, 0.29) is 0 Å². The van der Waals surface area contributed by atoms with Gasteiger partial charge >= 0.3 is 0 Å². The van der Waals surface area contributed by atoms with Crippen molar-refractivity contribution in [2.24, 2.45) is 0 Å². The average Bonchev–Trinajstić information content (AvgIpc) is 2.30. The number of halogens is 1. The minimum atomic E-state index is 0.465. The van der Waals surface area contributed by atoms with E-state index < -0.39 is 0 Å². The number of thiophene rings is 1. The van der Waals surface area contributed by atoms with Crippen LogP contribution in [0.1, 0.15) is 29.2 Å². The van der Waals surface area contributed by atoms with Crippen molar-refractivity contribution in [1.29, 1.82) is 0 Å². The van der Waals surface area contributed by atoms with Gasteiger partial charge in [-0.2, -0.15) is 0 Å². The molecule has 0 nitrogen and oxygen atoms in total. The number of allylic oxidation sites excluding steroid dienone is 1. The predicted molar refractivity (Wildman–Crippen MR) is 65.8 cm³/mol. The van der Waals surface area contributed by atoms with Crippen molar-refractivity contribution >= 4 is 33.3 Å². The summed E-state index contributed by atoms with van der Waals surface area (Å²) < 4.78 is 0. The molecule has 0 radical (unpaired) electrons. The molecule has 0 saturated heterocycles. The van der Waals surface area contributed by atoms with Crippen LogP contribution >= 0.6 is 27.3 Å². The second kappa shape index (κ2) is 4.43. The molecular weight excluding hydrogens is 244 g/mol. The van der Waals surface area contributed by atoms with Gasteiger partial charge in [0.25, 0.3) is 0 Å². The van der Waals surface area contributed by atoms with E-state index in [2.05, 4.69) is 55.8 Å². The standard InChI is InChI=1S/C11H15BrS/c1-7(9(3)12)5-11-6-8(2)13-10(11)4/h5-6,9H,1-4H3/b7-5+. The highest BCUT2D eigenvalue weighted by atomic mass is 79.9. The summed E-state index contributed by atoms with van der Waals surface area (Å²) in [5.41, 5.74) is 2.74. The first kappa shape index (κ1) is 11.0. The molecule has 0 bridgehead atoms. The zero-order chi connectivity index (χ0) is 10.0. The maximum absolute atomic E-state index is 3.56. The first-order valence-corrected chi connectivity index (χ1v) is 6.13. The maximum Gasteiger partial charge on any atom is 0.0326 e. The van der Waals surface area contributed by atoms with Gasteiger partial charge in [-0.15, -0.1) is 11.3 Å². The van der Waals surface area contributed by atoms with E-state index in [1.807, 2.05) is 11.3 Å². The molecule has 13 heavy (non-hydrogen) atoms. The Morgan fingerprint density at radius 2 is 2.15 bits per heavy atom. The summed E-state index contributed by atoms with van der Waals surface area (Å²) in [6.45, 7) is 8.64. The van der Waals surface area contributed by atoms with Crippen molar-refractivity contribution in [3.8, 4) is 0 Å². The van der Waals surface area contributed by atoms with Crippen LogP contribution < -0.4 is 0 Å². The lowest BCUT2D eigenvalue weighted by Crippen LogP contribution is -1.90. The van der Waals surface area contributed by atoms with Gasteiger partial charge in [-0.3, -0.25) is 0 Å². The van der Waals surface area contributed by atoms with Crippen molar-refractivity contribution in [2.45, 2.75) is 32.5 Å². The molecule has 0 aromatic carbocycles. The van der Waals surface area contributed by atoms with Crippen molar-refractivity contribution in [3.63, 3.8) is 0 Å². The van der Waals surface area contributed by atoms with E-state index in [1.165, 1.54) is 20.9 Å². The monoisotopic (exact) mass is 258 g/mol. The topological polar surface area (TPSA) is 0 Å². The summed E-state index contributed by atoms with van der Waals surface area (Å²) in [5.74, 6) is 0. The van der Waals surface area contributed by atoms with Gasteiger partial charge < -0.3 is 0 Å². The Balaban J connectivity index is 2.96. The Bertz CT molecular complexity index is 321. The van der Waals surface area contributed by atoms with Gasteiger partial charge in [0.15, 0.2) is 0 Å². The van der Waals surface area contributed by atoms with Crippen molar-refractivity contribution < 1.29 is 0 Å². The summed E-state index contributed by atoms with van der Waals surface area (Å²) in [5, 5.41) is 0. The molecule has 1 heterocycles. The van der Waals surface area contributed by atoms with Crippen LogP contribution in [-0.4, -0.2) is 4.83 Å². The second-order valence-corrected chi connectivity index (χ2v) is 6.21. The van der Waals surface area contributed by atoms with E-state index in [9.17, 15) is 0 Å². The number of rotatable bonds is 2. The molecule has 1 rings (SSSR count). The number of alkyl halides is 1. The molecule has 0 saturated carbocycles. The van der Waals surface area contributed by atoms with Crippen LogP contribution in [0.2, 0.25) is 0 Å². The molecule has 72 valence electrons. The quantitative estimate of drug-likeness (QED) is 0.683. The highest BCUT2D eigenvalue weighted by molar-refractivity contribution is 9.09. The fraction of sp³-hybridized carbons (Fsp3) is 0.455. The molecule has 0 amide bonds. The van der Waals surface area contributed by atoms with Gasteiger partial charge in [-0.1, -0.05) is 27.6 Å². The van der Waals surface area contributed by atoms with Gasteiger partial charge in [0, 0.05) is 14.6 Å². The lowest BCUT2D eigenvalue weighted by atomic mass is 10.1. The summed E-state index contributed by atoms with van der Waals surface area (Å²) in [6, 6.07) is 2.25. The highest BCUT2D eigenvalue weighted by Crippen LogP contribution is 2.24. The third-order valence-corrected chi connectivity index (χ3v) is 3.79. The molecule has 0 aliphatic heterocycles. The average molecular weight is 259 g/mol. The van der Waals surface area contributed by atoms with Crippen LogP contribution in [0.4, 0.5) is 0 Å². The molecule has 0 fully saturated rings. The van der Waals surface area contributed by atoms with Crippen LogP contribution in [0.15, 0.2) is 11.6 Å². The van der Waals surface area contributed by atoms with E-state index >= 15 is 0 Å². The van der Waals surface area contributed by atoms with Crippen LogP contribution in [0, 0.1) is 13.8 Å². The highest BCUT2D eigenvalue weighted by Gasteiger charge is 2.02. The molecule has 1 atom stereocenters. The van der Waals surface area contributed by atoms with Gasteiger partial charge in [0.1, 0.15) is 0 Å². The normalized spacial score (nSPS) is 14.7. The Labute approximate surface area is 92.8 Å². The Morgan fingerprint density at radius 1 is 1.54 bits per heavy atom. The minimum absolute atomic E-state index is 0.465. The Hall–Kier alpha value is -0.0800. The molecule has 1 aromatic heterocycles. The zero-order valence-electron chi connectivity index (χ0n) is 8.52. The number of hydrogen-bond donors (Lipinski definition) is 0. The van der Waals surface area contributed by atoms with E-state index in [1.54, 1.807) is 0 Å². The minimum Gasteiger partial charge on any atom is -0.145 e. The molecule has 0 aliphatic rings. The zero-order valence-corrected chi connectivity index (χ0v) is 10.9. The van der Waals surface area contributed by atoms with Crippen LogP contribution in [0.3, 0.4) is 0 Å². The molecule has 0 spiro atoms. The Kier molecular flexibility index (Phi) is 3.74. The molecule has 0 N–H and O–H groups in total. The van der Waals surface area contributed by atoms with Crippen LogP contribution in [-0.2, 0) is 0 Å². The van der Waals surface area contributed by atoms with Crippen molar-refractivity contribution in [2.75, 3.05) is 0 Å². The third kappa shape index (κ3) is 2.96. The second-order valence-electron chi connectivity index (χ2n) is 3.37. The number of hydrogen-bond acceptors (Lipinski definition) is 1. The third-order valence-electron chi connectivity index (χ3n) is 2.09. The number of aryl methyl sites for hydroxylation is 2. The Morgan fingerprint density at radius 3 is 2.54 bits per heavy atom. The van der Waals surface area contributed by atoms with Crippen molar-refractivity contribution in [3.05, 3.63) is 27.0 Å². The lowest BCUT2D eigenvalue weighted by Gasteiger charge is -2.02. The summed E-state index contributed by atoms with van der Waals surface area (Å²) in [4.78, 5) is 3.26. The van der Waals surface area contributed by atoms with Gasteiger partial charge in [-0.25, -0.2) is 0 Å². The summed E-state index contributed by atoms with van der Waals surface area (Å²) in [7, 11) is 0. The SMILES string of the molecule is C/C(=C\c1cc(C)sc1C)C(C)Br. The van der Waals surface area contributed by atoms with Gasteiger partial charge in [0.2, 0.25) is 0 Å². The molecule has 0 aliphatic carbocycles. The summed E-state index contributed by atoms with van der Waals surface area (Å²) >= 11 is 5.43. The predicted octanol–water partition coefficient (Wildman–Crippen LogP) is 4.55. The molecule has 2 heteroatoms. The van der Waals surface area contributed by atoms with Gasteiger partial charge in [-0.05, 0) is 39.3 Å².